The Morgan fingerprint density at radius 2 is 2.04 bits per heavy atom. The highest BCUT2D eigenvalue weighted by molar-refractivity contribution is 6.02. The fraction of sp³-hybridized carbons (Fsp3) is 0.400. The molecule has 3 heterocycles. The Morgan fingerprint density at radius 1 is 1.25 bits per heavy atom. The van der Waals surface area contributed by atoms with Crippen molar-refractivity contribution in [3.63, 3.8) is 0 Å². The molecule has 2 aromatic rings. The Hall–Kier alpha value is -3.16. The summed E-state index contributed by atoms with van der Waals surface area (Å²) in [5.41, 5.74) is 0.792. The van der Waals surface area contributed by atoms with Crippen molar-refractivity contribution in [1.29, 1.82) is 0 Å². The summed E-state index contributed by atoms with van der Waals surface area (Å²) in [6.45, 7) is 2.60. The minimum Gasteiger partial charge on any atom is -0.360 e. The fourth-order valence-electron chi connectivity index (χ4n) is 3.90. The lowest BCUT2D eigenvalue weighted by Crippen LogP contribution is -2.46. The van der Waals surface area contributed by atoms with Crippen molar-refractivity contribution in [3.8, 4) is 0 Å². The van der Waals surface area contributed by atoms with Gasteiger partial charge in [-0.15, -0.1) is 0 Å². The fourth-order valence-corrected chi connectivity index (χ4v) is 3.90. The number of aryl methyl sites for hydroxylation is 1. The van der Waals surface area contributed by atoms with E-state index in [4.69, 9.17) is 4.52 Å². The van der Waals surface area contributed by atoms with Gasteiger partial charge in [0.1, 0.15) is 11.8 Å². The Labute approximate surface area is 162 Å². The zero-order valence-corrected chi connectivity index (χ0v) is 15.6. The average Bonchev–Trinajstić information content (AvgIpc) is 3.42. The number of nitrogens with zero attached hydrogens (tertiary/aromatic N) is 3. The quantitative estimate of drug-likeness (QED) is 0.872. The largest absolute Gasteiger partial charge is 0.360 e. The summed E-state index contributed by atoms with van der Waals surface area (Å²) in [5.74, 6) is 0.0237. The van der Waals surface area contributed by atoms with Gasteiger partial charge in [0.05, 0.1) is 5.92 Å². The van der Waals surface area contributed by atoms with Gasteiger partial charge in [-0.05, 0) is 31.9 Å². The van der Waals surface area contributed by atoms with Crippen LogP contribution in [0.5, 0.6) is 0 Å². The van der Waals surface area contributed by atoms with E-state index in [9.17, 15) is 14.4 Å². The molecule has 2 aliphatic rings. The highest BCUT2D eigenvalue weighted by atomic mass is 16.5. The first-order valence-electron chi connectivity index (χ1n) is 9.43. The van der Waals surface area contributed by atoms with Crippen molar-refractivity contribution in [2.45, 2.75) is 32.2 Å². The number of nitrogens with one attached hydrogen (secondary N) is 1. The van der Waals surface area contributed by atoms with E-state index in [0.717, 1.165) is 12.1 Å². The molecule has 2 fully saturated rings. The SMILES string of the molecule is Cc1cc(NC(=O)C2CCCN2C(=O)C2CC(=O)N(c3ccccc3)C2)no1. The molecular weight excluding hydrogens is 360 g/mol. The van der Waals surface area contributed by atoms with E-state index >= 15 is 0 Å². The van der Waals surface area contributed by atoms with Gasteiger partial charge in [0.25, 0.3) is 0 Å². The number of aromatic nitrogens is 1. The molecule has 146 valence electrons. The molecule has 1 N–H and O–H groups in total. The van der Waals surface area contributed by atoms with E-state index in [1.807, 2.05) is 30.3 Å². The Kier molecular flexibility index (Phi) is 4.85. The van der Waals surface area contributed by atoms with Crippen LogP contribution in [0.15, 0.2) is 40.9 Å². The summed E-state index contributed by atoms with van der Waals surface area (Å²) < 4.78 is 4.96. The molecule has 2 atom stereocenters. The molecule has 28 heavy (non-hydrogen) atoms. The van der Waals surface area contributed by atoms with Gasteiger partial charge in [-0.3, -0.25) is 14.4 Å². The Bertz CT molecular complexity index is 895. The summed E-state index contributed by atoms with van der Waals surface area (Å²) in [5, 5.41) is 6.47. The third kappa shape index (κ3) is 3.49. The smallest absolute Gasteiger partial charge is 0.248 e. The van der Waals surface area contributed by atoms with Gasteiger partial charge in [0.15, 0.2) is 5.82 Å². The normalized spacial score (nSPS) is 22.0. The molecular formula is C20H22N4O4. The number of hydrogen-bond donors (Lipinski definition) is 1. The number of amides is 3. The lowest BCUT2D eigenvalue weighted by atomic mass is 10.1. The standard InChI is InChI=1S/C20H22N4O4/c1-13-10-17(22-28-13)21-19(26)16-8-5-9-23(16)20(27)14-11-18(25)24(12-14)15-6-3-2-4-7-15/h2-4,6-7,10,14,16H,5,8-9,11-12H2,1H3,(H,21,22,26). The van der Waals surface area contributed by atoms with Crippen molar-refractivity contribution in [2.75, 3.05) is 23.3 Å². The summed E-state index contributed by atoms with van der Waals surface area (Å²) in [6, 6.07) is 10.4. The summed E-state index contributed by atoms with van der Waals surface area (Å²) in [4.78, 5) is 41.4. The molecule has 2 aliphatic heterocycles. The lowest BCUT2D eigenvalue weighted by molar-refractivity contribution is -0.140. The highest BCUT2D eigenvalue weighted by Crippen LogP contribution is 2.29. The van der Waals surface area contributed by atoms with Gasteiger partial charge in [-0.2, -0.15) is 0 Å². The molecule has 1 aromatic heterocycles. The van der Waals surface area contributed by atoms with E-state index < -0.39 is 12.0 Å². The Balaban J connectivity index is 1.43. The molecule has 8 heteroatoms. The van der Waals surface area contributed by atoms with Crippen LogP contribution in [0.2, 0.25) is 0 Å². The van der Waals surface area contributed by atoms with Crippen LogP contribution in [-0.2, 0) is 14.4 Å². The summed E-state index contributed by atoms with van der Waals surface area (Å²) >= 11 is 0. The van der Waals surface area contributed by atoms with Crippen LogP contribution in [0, 0.1) is 12.8 Å². The van der Waals surface area contributed by atoms with E-state index in [-0.39, 0.29) is 24.1 Å². The highest BCUT2D eigenvalue weighted by Gasteiger charge is 2.42. The van der Waals surface area contributed by atoms with E-state index in [0.29, 0.717) is 31.1 Å². The molecule has 0 aliphatic carbocycles. The number of para-hydroxylation sites is 1. The molecule has 0 bridgehead atoms. The first kappa shape index (κ1) is 18.2. The number of hydrogen-bond acceptors (Lipinski definition) is 5. The number of benzene rings is 1. The van der Waals surface area contributed by atoms with Crippen LogP contribution in [0.25, 0.3) is 0 Å². The molecule has 0 radical (unpaired) electrons. The first-order valence-corrected chi connectivity index (χ1v) is 9.43. The van der Waals surface area contributed by atoms with Crippen molar-refractivity contribution in [1.82, 2.24) is 10.1 Å². The first-order chi connectivity index (χ1) is 13.5. The second-order valence-corrected chi connectivity index (χ2v) is 7.24. The number of likely N-dealkylation sites (tertiary alicyclic amines) is 1. The summed E-state index contributed by atoms with van der Waals surface area (Å²) in [7, 11) is 0. The number of carbonyl (C=O) groups is 3. The third-order valence-electron chi connectivity index (χ3n) is 5.26. The minimum atomic E-state index is -0.551. The summed E-state index contributed by atoms with van der Waals surface area (Å²) in [6.07, 6.45) is 1.52. The number of rotatable bonds is 4. The van der Waals surface area contributed by atoms with E-state index in [1.165, 1.54) is 0 Å². The van der Waals surface area contributed by atoms with Crippen LogP contribution < -0.4 is 10.2 Å². The maximum atomic E-state index is 13.1. The Morgan fingerprint density at radius 3 is 2.75 bits per heavy atom. The molecule has 1 aromatic carbocycles. The van der Waals surface area contributed by atoms with Crippen LogP contribution >= 0.6 is 0 Å². The number of anilines is 2. The number of carbonyl (C=O) groups excluding carboxylic acids is 3. The molecule has 0 spiro atoms. The zero-order chi connectivity index (χ0) is 19.7. The van der Waals surface area contributed by atoms with Crippen molar-refractivity contribution in [2.24, 2.45) is 5.92 Å². The molecule has 2 unspecified atom stereocenters. The van der Waals surface area contributed by atoms with Crippen LogP contribution in [-0.4, -0.2) is 46.9 Å². The molecule has 2 saturated heterocycles. The molecule has 0 saturated carbocycles. The monoisotopic (exact) mass is 382 g/mol. The maximum Gasteiger partial charge on any atom is 0.248 e. The van der Waals surface area contributed by atoms with Gasteiger partial charge in [-0.1, -0.05) is 23.4 Å². The second-order valence-electron chi connectivity index (χ2n) is 7.24. The molecule has 3 amide bonds. The van der Waals surface area contributed by atoms with E-state index in [2.05, 4.69) is 10.5 Å². The molecule has 8 nitrogen and oxygen atoms in total. The maximum absolute atomic E-state index is 13.1. The second kappa shape index (κ2) is 7.46. The van der Waals surface area contributed by atoms with Gasteiger partial charge in [0, 0.05) is 31.3 Å². The average molecular weight is 382 g/mol. The topological polar surface area (TPSA) is 95.8 Å². The predicted molar refractivity (Wildman–Crippen MR) is 102 cm³/mol. The van der Waals surface area contributed by atoms with Crippen molar-refractivity contribution in [3.05, 3.63) is 42.2 Å². The minimum absolute atomic E-state index is 0.0668. The third-order valence-corrected chi connectivity index (χ3v) is 5.26. The van der Waals surface area contributed by atoms with Crippen molar-refractivity contribution < 1.29 is 18.9 Å². The van der Waals surface area contributed by atoms with Gasteiger partial charge >= 0.3 is 0 Å². The van der Waals surface area contributed by atoms with E-state index in [1.54, 1.807) is 22.8 Å². The van der Waals surface area contributed by atoms with Crippen molar-refractivity contribution >= 4 is 29.2 Å². The predicted octanol–water partition coefficient (Wildman–Crippen LogP) is 1.97. The zero-order valence-electron chi connectivity index (χ0n) is 15.6. The van der Waals surface area contributed by atoms with Crippen LogP contribution in [0.3, 0.4) is 0 Å². The molecule has 4 rings (SSSR count). The van der Waals surface area contributed by atoms with Gasteiger partial charge in [-0.25, -0.2) is 0 Å². The van der Waals surface area contributed by atoms with Gasteiger partial charge in [0.2, 0.25) is 17.7 Å². The lowest BCUT2D eigenvalue weighted by Gasteiger charge is -2.26. The van der Waals surface area contributed by atoms with Crippen LogP contribution in [0.1, 0.15) is 25.0 Å². The van der Waals surface area contributed by atoms with Gasteiger partial charge < -0.3 is 19.6 Å². The van der Waals surface area contributed by atoms with Crippen LogP contribution in [0.4, 0.5) is 11.5 Å².